The van der Waals surface area contributed by atoms with Crippen molar-refractivity contribution in [2.24, 2.45) is 0 Å². The number of carbonyl (C=O) groups excluding carboxylic acids is 2. The van der Waals surface area contributed by atoms with Crippen LogP contribution in [0.1, 0.15) is 28.4 Å². The molecular weight excluding hydrogens is 276 g/mol. The fourth-order valence-electron chi connectivity index (χ4n) is 2.12. The molecule has 0 aliphatic heterocycles. The van der Waals surface area contributed by atoms with Crippen LogP contribution in [-0.4, -0.2) is 18.9 Å². The second-order valence-electron chi connectivity index (χ2n) is 5.35. The molecule has 0 radical (unpaired) electrons. The zero-order valence-corrected chi connectivity index (χ0v) is 13.3. The fourth-order valence-corrected chi connectivity index (χ4v) is 2.12. The van der Waals surface area contributed by atoms with Crippen molar-refractivity contribution in [1.82, 2.24) is 0 Å². The maximum absolute atomic E-state index is 12.4. The van der Waals surface area contributed by atoms with Crippen molar-refractivity contribution in [1.29, 1.82) is 0 Å². The molecule has 1 N–H and O–H groups in total. The number of para-hydroxylation sites is 2. The van der Waals surface area contributed by atoms with Crippen LogP contribution in [0.5, 0.6) is 0 Å². The summed E-state index contributed by atoms with van der Waals surface area (Å²) in [5.41, 5.74) is 4.11. The summed E-state index contributed by atoms with van der Waals surface area (Å²) < 4.78 is 0. The largest absolute Gasteiger partial charge is 0.320 e. The van der Waals surface area contributed by atoms with E-state index < -0.39 is 0 Å². The number of benzene rings is 2. The topological polar surface area (TPSA) is 49.4 Å². The molecule has 4 nitrogen and oxygen atoms in total. The molecule has 114 valence electrons. The van der Waals surface area contributed by atoms with Gasteiger partial charge in [0, 0.05) is 19.5 Å². The predicted molar refractivity (Wildman–Crippen MR) is 89.4 cm³/mol. The first kappa shape index (κ1) is 15.8. The van der Waals surface area contributed by atoms with E-state index in [1.54, 1.807) is 25.2 Å². The van der Waals surface area contributed by atoms with E-state index in [1.807, 2.05) is 38.1 Å². The van der Waals surface area contributed by atoms with Crippen molar-refractivity contribution in [2.45, 2.75) is 20.8 Å². The van der Waals surface area contributed by atoms with Crippen molar-refractivity contribution in [3.63, 3.8) is 0 Å². The standard InChI is InChI=1S/C18H20N2O2/c1-12-9-10-15(11-13(12)2)18(22)19-16-7-5-6-8-17(16)20(4)14(3)21/h5-11H,1-4H3,(H,19,22). The zero-order chi connectivity index (χ0) is 16.3. The number of amides is 2. The molecule has 4 heteroatoms. The Bertz CT molecular complexity index is 723. The van der Waals surface area contributed by atoms with E-state index in [0.717, 1.165) is 11.1 Å². The van der Waals surface area contributed by atoms with Gasteiger partial charge in [0.05, 0.1) is 11.4 Å². The molecule has 0 unspecified atom stereocenters. The summed E-state index contributed by atoms with van der Waals surface area (Å²) in [7, 11) is 1.68. The normalized spacial score (nSPS) is 10.2. The van der Waals surface area contributed by atoms with Crippen molar-refractivity contribution in [3.05, 3.63) is 59.2 Å². The summed E-state index contributed by atoms with van der Waals surface area (Å²) in [5.74, 6) is -0.277. The Labute approximate surface area is 130 Å². The average molecular weight is 296 g/mol. The molecule has 0 aromatic heterocycles. The minimum absolute atomic E-state index is 0.0899. The minimum Gasteiger partial charge on any atom is -0.320 e. The molecule has 0 atom stereocenters. The van der Waals surface area contributed by atoms with Crippen molar-refractivity contribution in [3.8, 4) is 0 Å². The number of nitrogens with one attached hydrogen (secondary N) is 1. The van der Waals surface area contributed by atoms with Gasteiger partial charge < -0.3 is 10.2 Å². The van der Waals surface area contributed by atoms with Crippen LogP contribution in [0, 0.1) is 13.8 Å². The summed E-state index contributed by atoms with van der Waals surface area (Å²) in [5, 5.41) is 2.88. The summed E-state index contributed by atoms with van der Waals surface area (Å²) in [6.07, 6.45) is 0. The van der Waals surface area contributed by atoms with E-state index in [1.165, 1.54) is 11.8 Å². The van der Waals surface area contributed by atoms with Crippen LogP contribution >= 0.6 is 0 Å². The molecule has 2 aromatic rings. The molecule has 0 heterocycles. The van der Waals surface area contributed by atoms with E-state index in [9.17, 15) is 9.59 Å². The summed E-state index contributed by atoms with van der Waals surface area (Å²) in [4.78, 5) is 25.5. The van der Waals surface area contributed by atoms with Gasteiger partial charge >= 0.3 is 0 Å². The van der Waals surface area contributed by atoms with Gasteiger partial charge in [0.2, 0.25) is 5.91 Å². The number of anilines is 2. The van der Waals surface area contributed by atoms with E-state index in [2.05, 4.69) is 5.32 Å². The van der Waals surface area contributed by atoms with E-state index in [-0.39, 0.29) is 11.8 Å². The van der Waals surface area contributed by atoms with Crippen LogP contribution in [-0.2, 0) is 4.79 Å². The lowest BCUT2D eigenvalue weighted by atomic mass is 10.1. The highest BCUT2D eigenvalue weighted by molar-refractivity contribution is 6.07. The van der Waals surface area contributed by atoms with Gasteiger partial charge in [0.1, 0.15) is 0 Å². The van der Waals surface area contributed by atoms with Crippen LogP contribution in [0.3, 0.4) is 0 Å². The Balaban J connectivity index is 2.29. The first-order valence-electron chi connectivity index (χ1n) is 7.12. The third kappa shape index (κ3) is 3.34. The van der Waals surface area contributed by atoms with Crippen molar-refractivity contribution < 1.29 is 9.59 Å². The highest BCUT2D eigenvalue weighted by Crippen LogP contribution is 2.25. The lowest BCUT2D eigenvalue weighted by Crippen LogP contribution is -2.24. The van der Waals surface area contributed by atoms with Crippen LogP contribution in [0.25, 0.3) is 0 Å². The molecule has 0 fully saturated rings. The predicted octanol–water partition coefficient (Wildman–Crippen LogP) is 3.54. The first-order chi connectivity index (χ1) is 10.4. The molecule has 0 aliphatic rings. The third-order valence-electron chi connectivity index (χ3n) is 3.76. The average Bonchev–Trinajstić information content (AvgIpc) is 2.49. The number of carbonyl (C=O) groups is 2. The Morgan fingerprint density at radius 1 is 1.00 bits per heavy atom. The van der Waals surface area contributed by atoms with Gasteiger partial charge in [-0.15, -0.1) is 0 Å². The van der Waals surface area contributed by atoms with Crippen LogP contribution in [0.2, 0.25) is 0 Å². The molecule has 2 rings (SSSR count). The highest BCUT2D eigenvalue weighted by Gasteiger charge is 2.13. The Morgan fingerprint density at radius 2 is 1.68 bits per heavy atom. The molecule has 22 heavy (non-hydrogen) atoms. The van der Waals surface area contributed by atoms with Crippen LogP contribution in [0.4, 0.5) is 11.4 Å². The maximum Gasteiger partial charge on any atom is 0.255 e. The Kier molecular flexibility index (Phi) is 4.61. The van der Waals surface area contributed by atoms with Gasteiger partial charge in [-0.05, 0) is 49.2 Å². The van der Waals surface area contributed by atoms with Gasteiger partial charge in [-0.3, -0.25) is 9.59 Å². The molecule has 2 amide bonds. The second kappa shape index (κ2) is 6.43. The monoisotopic (exact) mass is 296 g/mol. The number of hydrogen-bond acceptors (Lipinski definition) is 2. The fraction of sp³-hybridized carbons (Fsp3) is 0.222. The van der Waals surface area contributed by atoms with Crippen molar-refractivity contribution >= 4 is 23.2 Å². The molecule has 0 saturated carbocycles. The number of aryl methyl sites for hydroxylation is 2. The zero-order valence-electron chi connectivity index (χ0n) is 13.3. The van der Waals surface area contributed by atoms with Gasteiger partial charge in [-0.2, -0.15) is 0 Å². The molecular formula is C18H20N2O2. The van der Waals surface area contributed by atoms with Gasteiger partial charge in [0.15, 0.2) is 0 Å². The van der Waals surface area contributed by atoms with Gasteiger partial charge in [-0.1, -0.05) is 18.2 Å². The van der Waals surface area contributed by atoms with E-state index in [0.29, 0.717) is 16.9 Å². The Hall–Kier alpha value is -2.62. The van der Waals surface area contributed by atoms with E-state index in [4.69, 9.17) is 0 Å². The summed E-state index contributed by atoms with van der Waals surface area (Å²) >= 11 is 0. The molecule has 0 saturated heterocycles. The summed E-state index contributed by atoms with van der Waals surface area (Å²) in [6, 6.07) is 12.8. The number of rotatable bonds is 3. The SMILES string of the molecule is CC(=O)N(C)c1ccccc1NC(=O)c1ccc(C)c(C)c1. The highest BCUT2D eigenvalue weighted by atomic mass is 16.2. The van der Waals surface area contributed by atoms with Crippen LogP contribution in [0.15, 0.2) is 42.5 Å². The number of nitrogens with zero attached hydrogens (tertiary/aromatic N) is 1. The molecule has 0 aliphatic carbocycles. The van der Waals surface area contributed by atoms with Gasteiger partial charge in [-0.25, -0.2) is 0 Å². The quantitative estimate of drug-likeness (QED) is 0.942. The van der Waals surface area contributed by atoms with Crippen LogP contribution < -0.4 is 10.2 Å². The lowest BCUT2D eigenvalue weighted by Gasteiger charge is -2.19. The summed E-state index contributed by atoms with van der Waals surface area (Å²) in [6.45, 7) is 5.47. The lowest BCUT2D eigenvalue weighted by molar-refractivity contribution is -0.116. The smallest absolute Gasteiger partial charge is 0.255 e. The third-order valence-corrected chi connectivity index (χ3v) is 3.76. The molecule has 0 bridgehead atoms. The van der Waals surface area contributed by atoms with E-state index >= 15 is 0 Å². The second-order valence-corrected chi connectivity index (χ2v) is 5.35. The molecule has 2 aromatic carbocycles. The minimum atomic E-state index is -0.187. The Morgan fingerprint density at radius 3 is 2.32 bits per heavy atom. The molecule has 0 spiro atoms. The van der Waals surface area contributed by atoms with Gasteiger partial charge in [0.25, 0.3) is 5.91 Å². The first-order valence-corrected chi connectivity index (χ1v) is 7.12. The van der Waals surface area contributed by atoms with Crippen molar-refractivity contribution in [2.75, 3.05) is 17.3 Å². The number of hydrogen-bond donors (Lipinski definition) is 1. The maximum atomic E-state index is 12.4.